The zero-order valence-corrected chi connectivity index (χ0v) is 15.1. The van der Waals surface area contributed by atoms with Gasteiger partial charge in [-0.15, -0.1) is 16.8 Å². The molecule has 0 radical (unpaired) electrons. The van der Waals surface area contributed by atoms with Gasteiger partial charge in [-0.05, 0) is 31.5 Å². The Bertz CT molecular complexity index is 690. The first-order valence-electron chi connectivity index (χ1n) is 7.40. The zero-order chi connectivity index (χ0) is 17.5. The van der Waals surface area contributed by atoms with E-state index in [0.717, 1.165) is 9.90 Å². The van der Waals surface area contributed by atoms with Crippen LogP contribution in [0.15, 0.2) is 41.3 Å². The third-order valence-electron chi connectivity index (χ3n) is 3.18. The molecule has 1 amide bonds. The number of carbonyl (C=O) groups is 1. The van der Waals surface area contributed by atoms with E-state index < -0.39 is 0 Å². The van der Waals surface area contributed by atoms with E-state index in [0.29, 0.717) is 11.7 Å². The number of benzene rings is 1. The molecular weight excluding hydrogens is 347 g/mol. The van der Waals surface area contributed by atoms with E-state index in [1.54, 1.807) is 18.2 Å². The van der Waals surface area contributed by atoms with Gasteiger partial charge < -0.3 is 10.6 Å². The molecular formula is C16H19FN4OS2. The molecule has 5 nitrogen and oxygen atoms in total. The molecule has 8 heteroatoms. The molecule has 0 unspecified atom stereocenters. The fraction of sp³-hybridized carbons (Fsp3) is 0.312. The largest absolute Gasteiger partial charge is 0.357 e. The zero-order valence-electron chi connectivity index (χ0n) is 13.5. The Balaban J connectivity index is 1.88. The van der Waals surface area contributed by atoms with Gasteiger partial charge in [0.25, 0.3) is 0 Å². The number of hydrogen-bond donors (Lipinski definition) is 2. The first-order chi connectivity index (χ1) is 11.5. The molecule has 2 N–H and O–H groups in total. The molecule has 0 bridgehead atoms. The lowest BCUT2D eigenvalue weighted by Gasteiger charge is -2.17. The van der Waals surface area contributed by atoms with Crippen LogP contribution < -0.4 is 10.6 Å². The summed E-state index contributed by atoms with van der Waals surface area (Å²) in [5, 5.41) is 14.4. The maximum absolute atomic E-state index is 12.9. The number of nitrogens with zero attached hydrogens (tertiary/aromatic N) is 2. The Labute approximate surface area is 148 Å². The number of amides is 1. The average molecular weight is 366 g/mol. The van der Waals surface area contributed by atoms with Gasteiger partial charge in [-0.2, -0.15) is 0 Å². The van der Waals surface area contributed by atoms with Gasteiger partial charge in [0.1, 0.15) is 5.82 Å². The van der Waals surface area contributed by atoms with Crippen molar-refractivity contribution in [1.29, 1.82) is 0 Å². The minimum absolute atomic E-state index is 0.104. The first-order valence-corrected chi connectivity index (χ1v) is 9.10. The van der Waals surface area contributed by atoms with Gasteiger partial charge in [0.05, 0.1) is 11.3 Å². The van der Waals surface area contributed by atoms with Crippen LogP contribution >= 0.6 is 23.1 Å². The van der Waals surface area contributed by atoms with Crippen molar-refractivity contribution in [2.45, 2.75) is 29.5 Å². The minimum atomic E-state index is -0.312. The van der Waals surface area contributed by atoms with Crippen LogP contribution in [0.25, 0.3) is 0 Å². The lowest BCUT2D eigenvalue weighted by Crippen LogP contribution is -2.33. The Morgan fingerprint density at radius 2 is 2.08 bits per heavy atom. The highest BCUT2D eigenvalue weighted by Gasteiger charge is 2.19. The number of nitrogens with one attached hydrogen (secondary N) is 2. The highest BCUT2D eigenvalue weighted by molar-refractivity contribution is 8.02. The van der Waals surface area contributed by atoms with Crippen LogP contribution in [0, 0.1) is 5.82 Å². The summed E-state index contributed by atoms with van der Waals surface area (Å²) in [4.78, 5) is 12.3. The molecule has 0 saturated heterocycles. The van der Waals surface area contributed by atoms with Crippen molar-refractivity contribution in [3.8, 4) is 0 Å². The van der Waals surface area contributed by atoms with Crippen LogP contribution in [0.2, 0.25) is 0 Å². The molecule has 24 heavy (non-hydrogen) atoms. The van der Waals surface area contributed by atoms with E-state index in [4.69, 9.17) is 0 Å². The number of rotatable bonds is 8. The number of thioether (sulfide) groups is 1. The number of carbonyl (C=O) groups excluding carboxylic acids is 1. The topological polar surface area (TPSA) is 66.9 Å². The lowest BCUT2D eigenvalue weighted by atomic mass is 10.1. The van der Waals surface area contributed by atoms with Crippen molar-refractivity contribution >= 4 is 34.1 Å². The van der Waals surface area contributed by atoms with Crippen molar-refractivity contribution in [2.75, 3.05) is 11.9 Å². The Morgan fingerprint density at radius 3 is 2.75 bits per heavy atom. The van der Waals surface area contributed by atoms with Gasteiger partial charge in [0, 0.05) is 6.54 Å². The Morgan fingerprint density at radius 1 is 1.38 bits per heavy atom. The van der Waals surface area contributed by atoms with Crippen LogP contribution in [0.5, 0.6) is 0 Å². The van der Waals surface area contributed by atoms with Gasteiger partial charge >= 0.3 is 0 Å². The van der Waals surface area contributed by atoms with Crippen molar-refractivity contribution in [2.24, 2.45) is 0 Å². The van der Waals surface area contributed by atoms with Gasteiger partial charge in [0.15, 0.2) is 4.34 Å². The summed E-state index contributed by atoms with van der Waals surface area (Å²) in [6.45, 7) is 7.92. The molecule has 0 aliphatic carbocycles. The molecule has 0 fully saturated rings. The van der Waals surface area contributed by atoms with Gasteiger partial charge in [-0.25, -0.2) is 4.39 Å². The first kappa shape index (κ1) is 18.4. The molecule has 128 valence electrons. The van der Waals surface area contributed by atoms with E-state index in [1.165, 1.54) is 35.2 Å². The minimum Gasteiger partial charge on any atom is -0.357 e. The molecule has 0 aliphatic rings. The van der Waals surface area contributed by atoms with Crippen molar-refractivity contribution in [1.82, 2.24) is 15.5 Å². The summed E-state index contributed by atoms with van der Waals surface area (Å²) in [5.41, 5.74) is 0.855. The maximum atomic E-state index is 12.9. The summed E-state index contributed by atoms with van der Waals surface area (Å²) in [6.07, 6.45) is 1.74. The number of halogens is 1. The Hall–Kier alpha value is -1.93. The molecule has 2 atom stereocenters. The summed E-state index contributed by atoms with van der Waals surface area (Å²) >= 11 is 2.75. The predicted octanol–water partition coefficient (Wildman–Crippen LogP) is 3.63. The second-order valence-electron chi connectivity index (χ2n) is 5.08. The van der Waals surface area contributed by atoms with Crippen molar-refractivity contribution < 1.29 is 9.18 Å². The summed E-state index contributed by atoms with van der Waals surface area (Å²) < 4.78 is 13.7. The molecule has 1 heterocycles. The standard InChI is InChI=1S/C16H19FN4OS2/c1-4-9-18-15-20-21-16(24-15)23-11(3)14(22)19-10(2)12-5-7-13(17)8-6-12/h4-8,10-11H,1,9H2,2-3H3,(H,18,20)(H,19,22)/t10-,11+/m0/s1. The van der Waals surface area contributed by atoms with E-state index >= 15 is 0 Å². The highest BCUT2D eigenvalue weighted by atomic mass is 32.2. The van der Waals surface area contributed by atoms with Crippen LogP contribution in [0.3, 0.4) is 0 Å². The number of hydrogen-bond acceptors (Lipinski definition) is 6. The van der Waals surface area contributed by atoms with Crippen molar-refractivity contribution in [3.63, 3.8) is 0 Å². The molecule has 0 saturated carbocycles. The predicted molar refractivity (Wildman–Crippen MR) is 96.9 cm³/mol. The SMILES string of the molecule is C=CCNc1nnc(S[C@H](C)C(=O)N[C@@H](C)c2ccc(F)cc2)s1. The van der Waals surface area contributed by atoms with E-state index in [-0.39, 0.29) is 23.0 Å². The van der Waals surface area contributed by atoms with Crippen LogP contribution in [0.1, 0.15) is 25.5 Å². The van der Waals surface area contributed by atoms with Gasteiger partial charge in [-0.3, -0.25) is 4.79 Å². The lowest BCUT2D eigenvalue weighted by molar-refractivity contribution is -0.120. The van der Waals surface area contributed by atoms with Gasteiger partial charge in [-0.1, -0.05) is 41.3 Å². The number of aromatic nitrogens is 2. The van der Waals surface area contributed by atoms with Crippen LogP contribution in [0.4, 0.5) is 9.52 Å². The monoisotopic (exact) mass is 366 g/mol. The molecule has 1 aromatic carbocycles. The number of anilines is 1. The molecule has 2 rings (SSSR count). The molecule has 0 spiro atoms. The van der Waals surface area contributed by atoms with Crippen LogP contribution in [-0.2, 0) is 4.79 Å². The highest BCUT2D eigenvalue weighted by Crippen LogP contribution is 2.29. The van der Waals surface area contributed by atoms with E-state index in [2.05, 4.69) is 27.4 Å². The smallest absolute Gasteiger partial charge is 0.233 e. The second kappa shape index (κ2) is 8.79. The van der Waals surface area contributed by atoms with E-state index in [1.807, 2.05) is 13.8 Å². The van der Waals surface area contributed by atoms with Crippen LogP contribution in [-0.4, -0.2) is 27.9 Å². The van der Waals surface area contributed by atoms with Crippen molar-refractivity contribution in [3.05, 3.63) is 48.3 Å². The quantitative estimate of drug-likeness (QED) is 0.552. The third kappa shape index (κ3) is 5.31. The molecule has 2 aromatic rings. The molecule has 0 aliphatic heterocycles. The van der Waals surface area contributed by atoms with Gasteiger partial charge in [0.2, 0.25) is 11.0 Å². The van der Waals surface area contributed by atoms with E-state index in [9.17, 15) is 9.18 Å². The maximum Gasteiger partial charge on any atom is 0.233 e. The summed E-state index contributed by atoms with van der Waals surface area (Å²) in [7, 11) is 0. The average Bonchev–Trinajstić information content (AvgIpc) is 3.00. The normalized spacial score (nSPS) is 13.1. The molecule has 1 aromatic heterocycles. The third-order valence-corrected chi connectivity index (χ3v) is 5.24. The second-order valence-corrected chi connectivity index (χ2v) is 7.65. The fourth-order valence-electron chi connectivity index (χ4n) is 1.86. The fourth-order valence-corrected chi connectivity index (χ4v) is 3.77. The Kier molecular flexibility index (Phi) is 6.74. The summed E-state index contributed by atoms with van der Waals surface area (Å²) in [5.74, 6) is -0.397. The summed E-state index contributed by atoms with van der Waals surface area (Å²) in [6, 6.07) is 5.91.